The monoisotopic (exact) mass is 544 g/mol. The molecule has 0 saturated carbocycles. The summed E-state index contributed by atoms with van der Waals surface area (Å²) in [5, 5.41) is 3.43. The highest BCUT2D eigenvalue weighted by molar-refractivity contribution is 5.84. The predicted octanol–water partition coefficient (Wildman–Crippen LogP) is 5.03. The minimum Gasteiger partial charge on any atom is -0.497 e. The molecule has 0 spiro atoms. The molecule has 0 aliphatic carbocycles. The molecule has 1 atom stereocenters. The van der Waals surface area contributed by atoms with Gasteiger partial charge in [0.15, 0.2) is 11.5 Å². The number of ether oxygens (including phenoxy) is 4. The second-order valence-corrected chi connectivity index (χ2v) is 10.8. The van der Waals surface area contributed by atoms with Crippen molar-refractivity contribution >= 4 is 23.1 Å². The Morgan fingerprint density at radius 1 is 1.07 bits per heavy atom. The second-order valence-electron chi connectivity index (χ2n) is 10.8. The largest absolute Gasteiger partial charge is 0.497 e. The zero-order valence-electron chi connectivity index (χ0n) is 23.0. The number of hydrogen-bond acceptors (Lipinski definition) is 9. The van der Waals surface area contributed by atoms with E-state index in [9.17, 15) is 4.79 Å². The number of rotatable bonds is 5. The van der Waals surface area contributed by atoms with Crippen molar-refractivity contribution in [1.82, 2.24) is 24.4 Å². The third-order valence-electron chi connectivity index (χ3n) is 6.77. The van der Waals surface area contributed by atoms with Gasteiger partial charge < -0.3 is 29.2 Å². The quantitative estimate of drug-likeness (QED) is 0.370. The van der Waals surface area contributed by atoms with Crippen LogP contribution in [0.4, 0.5) is 10.7 Å². The molecular formula is C29H32N6O5. The van der Waals surface area contributed by atoms with Crippen LogP contribution in [0.15, 0.2) is 48.7 Å². The number of likely N-dealkylation sites (tertiary alicyclic amines) is 1. The zero-order chi connectivity index (χ0) is 27.9. The lowest BCUT2D eigenvalue weighted by Gasteiger charge is -2.34. The SMILES string of the molecule is COc1ccc2c(c1)nc(-c1ccc3c(c1)OCO3)n2-c1ccnc(NC2CCCN(C(=O)OC(C)(C)C)C2)n1. The van der Waals surface area contributed by atoms with Crippen LogP contribution in [-0.4, -0.2) is 69.1 Å². The van der Waals surface area contributed by atoms with Gasteiger partial charge in [-0.25, -0.2) is 14.8 Å². The molecule has 2 aliphatic heterocycles. The van der Waals surface area contributed by atoms with Crippen LogP contribution in [0.25, 0.3) is 28.2 Å². The number of nitrogens with one attached hydrogen (secondary N) is 1. The molecular weight excluding hydrogens is 512 g/mol. The zero-order valence-corrected chi connectivity index (χ0v) is 23.0. The van der Waals surface area contributed by atoms with Crippen LogP contribution >= 0.6 is 0 Å². The summed E-state index contributed by atoms with van der Waals surface area (Å²) in [6.45, 7) is 6.99. The first-order valence-corrected chi connectivity index (χ1v) is 13.3. The molecule has 0 bridgehead atoms. The molecule has 1 fully saturated rings. The number of piperidine rings is 1. The normalized spacial score (nSPS) is 16.7. The third kappa shape index (κ3) is 5.18. The topological polar surface area (TPSA) is 113 Å². The van der Waals surface area contributed by atoms with E-state index in [0.717, 1.165) is 29.4 Å². The van der Waals surface area contributed by atoms with Crippen molar-refractivity contribution in [3.05, 3.63) is 48.7 Å². The van der Waals surface area contributed by atoms with Crippen LogP contribution in [0.3, 0.4) is 0 Å². The van der Waals surface area contributed by atoms with Gasteiger partial charge in [-0.3, -0.25) is 4.57 Å². The van der Waals surface area contributed by atoms with Crippen molar-refractivity contribution in [1.29, 1.82) is 0 Å². The van der Waals surface area contributed by atoms with E-state index in [1.165, 1.54) is 0 Å². The van der Waals surface area contributed by atoms with Crippen molar-refractivity contribution in [3.63, 3.8) is 0 Å². The number of hydrogen-bond donors (Lipinski definition) is 1. The lowest BCUT2D eigenvalue weighted by Crippen LogP contribution is -2.47. The molecule has 11 nitrogen and oxygen atoms in total. The molecule has 2 aliphatic rings. The van der Waals surface area contributed by atoms with Gasteiger partial charge in [-0.15, -0.1) is 0 Å². The molecule has 6 rings (SSSR count). The number of anilines is 1. The number of aromatic nitrogens is 4. The van der Waals surface area contributed by atoms with Crippen molar-refractivity contribution in [2.24, 2.45) is 0 Å². The molecule has 4 heterocycles. The van der Waals surface area contributed by atoms with Gasteiger partial charge in [0, 0.05) is 37.0 Å². The molecule has 0 radical (unpaired) electrons. The summed E-state index contributed by atoms with van der Waals surface area (Å²) in [6.07, 6.45) is 3.17. The highest BCUT2D eigenvalue weighted by atomic mass is 16.7. The number of methoxy groups -OCH3 is 1. The van der Waals surface area contributed by atoms with Gasteiger partial charge in [0.05, 0.1) is 18.1 Å². The van der Waals surface area contributed by atoms with E-state index in [0.29, 0.717) is 47.9 Å². The van der Waals surface area contributed by atoms with Gasteiger partial charge in [0.25, 0.3) is 0 Å². The van der Waals surface area contributed by atoms with Crippen molar-refractivity contribution < 1.29 is 23.7 Å². The average Bonchev–Trinajstić information content (AvgIpc) is 3.56. The molecule has 1 saturated heterocycles. The Morgan fingerprint density at radius 2 is 1.93 bits per heavy atom. The van der Waals surface area contributed by atoms with Crippen molar-refractivity contribution in [3.8, 4) is 34.5 Å². The average molecular weight is 545 g/mol. The van der Waals surface area contributed by atoms with Crippen molar-refractivity contribution in [2.75, 3.05) is 32.3 Å². The van der Waals surface area contributed by atoms with Crippen LogP contribution < -0.4 is 19.5 Å². The number of carbonyl (C=O) groups excluding carboxylic acids is 1. The fourth-order valence-corrected chi connectivity index (χ4v) is 4.96. The van der Waals surface area contributed by atoms with Gasteiger partial charge in [-0.2, -0.15) is 4.98 Å². The van der Waals surface area contributed by atoms with E-state index in [2.05, 4.69) is 10.3 Å². The highest BCUT2D eigenvalue weighted by Crippen LogP contribution is 2.37. The molecule has 1 amide bonds. The van der Waals surface area contributed by atoms with Crippen LogP contribution in [0.2, 0.25) is 0 Å². The fraction of sp³-hybridized carbons (Fsp3) is 0.379. The third-order valence-corrected chi connectivity index (χ3v) is 6.77. The number of fused-ring (bicyclic) bond motifs is 2. The van der Waals surface area contributed by atoms with E-state index in [4.69, 9.17) is 28.9 Å². The Morgan fingerprint density at radius 3 is 2.75 bits per heavy atom. The van der Waals surface area contributed by atoms with Gasteiger partial charge in [0.2, 0.25) is 12.7 Å². The number of imidazole rings is 1. The van der Waals surface area contributed by atoms with E-state index in [1.807, 2.05) is 67.8 Å². The fourth-order valence-electron chi connectivity index (χ4n) is 4.96. The molecule has 1 N–H and O–H groups in total. The first-order valence-electron chi connectivity index (χ1n) is 13.3. The summed E-state index contributed by atoms with van der Waals surface area (Å²) in [5.41, 5.74) is 1.95. The van der Waals surface area contributed by atoms with Crippen LogP contribution in [-0.2, 0) is 4.74 Å². The standard InChI is InChI=1S/C29H32N6O5/c1-29(2,3)40-28(36)34-13-5-6-19(16-34)31-27-30-12-11-25(33-27)35-22-9-8-20(37-4)15-21(22)32-26(35)18-7-10-23-24(14-18)39-17-38-23/h7-12,14-15,19H,5-6,13,16-17H2,1-4H3,(H,30,31,33). The maximum atomic E-state index is 12.6. The first-order chi connectivity index (χ1) is 19.3. The smallest absolute Gasteiger partial charge is 0.410 e. The molecule has 1 unspecified atom stereocenters. The Balaban J connectivity index is 1.32. The predicted molar refractivity (Wildman–Crippen MR) is 149 cm³/mol. The van der Waals surface area contributed by atoms with Gasteiger partial charge >= 0.3 is 6.09 Å². The minimum atomic E-state index is -0.540. The summed E-state index contributed by atoms with van der Waals surface area (Å²) in [6, 6.07) is 13.4. The van der Waals surface area contributed by atoms with Crippen LogP contribution in [0, 0.1) is 0 Å². The Bertz CT molecular complexity index is 1560. The van der Waals surface area contributed by atoms with E-state index in [1.54, 1.807) is 18.2 Å². The van der Waals surface area contributed by atoms with Crippen LogP contribution in [0.1, 0.15) is 33.6 Å². The van der Waals surface area contributed by atoms with Gasteiger partial charge in [-0.1, -0.05) is 0 Å². The minimum absolute atomic E-state index is 0.00589. The highest BCUT2D eigenvalue weighted by Gasteiger charge is 2.28. The van der Waals surface area contributed by atoms with Gasteiger partial charge in [-0.05, 0) is 70.0 Å². The summed E-state index contributed by atoms with van der Waals surface area (Å²) in [4.78, 5) is 28.7. The van der Waals surface area contributed by atoms with Crippen LogP contribution in [0.5, 0.6) is 17.2 Å². The van der Waals surface area contributed by atoms with Gasteiger partial charge in [0.1, 0.15) is 23.0 Å². The summed E-state index contributed by atoms with van der Waals surface area (Å²) in [7, 11) is 1.63. The first kappa shape index (κ1) is 25.7. The molecule has 2 aromatic carbocycles. The lowest BCUT2D eigenvalue weighted by molar-refractivity contribution is 0.0206. The number of amides is 1. The molecule has 2 aromatic heterocycles. The van der Waals surface area contributed by atoms with E-state index >= 15 is 0 Å². The number of carbonyl (C=O) groups is 1. The maximum Gasteiger partial charge on any atom is 0.410 e. The Hall–Kier alpha value is -4.54. The second kappa shape index (κ2) is 10.2. The maximum absolute atomic E-state index is 12.6. The summed E-state index contributed by atoms with van der Waals surface area (Å²) in [5.74, 6) is 3.91. The van der Waals surface area contributed by atoms with E-state index < -0.39 is 5.60 Å². The van der Waals surface area contributed by atoms with E-state index in [-0.39, 0.29) is 18.9 Å². The number of benzene rings is 2. The summed E-state index contributed by atoms with van der Waals surface area (Å²) >= 11 is 0. The molecule has 40 heavy (non-hydrogen) atoms. The number of nitrogens with zero attached hydrogens (tertiary/aromatic N) is 5. The Kier molecular flexibility index (Phi) is 6.57. The molecule has 4 aromatic rings. The molecule has 208 valence electrons. The summed E-state index contributed by atoms with van der Waals surface area (Å²) < 4.78 is 24.1. The lowest BCUT2D eigenvalue weighted by atomic mass is 10.1. The van der Waals surface area contributed by atoms with Crippen molar-refractivity contribution in [2.45, 2.75) is 45.3 Å². The molecule has 11 heteroatoms. The Labute approximate surface area is 232 Å².